The molecule has 4 heterocycles. The number of thiophene rings is 1. The zero-order valence-electron chi connectivity index (χ0n) is 16.9. The first kappa shape index (κ1) is 19.2. The molecule has 0 saturated carbocycles. The summed E-state index contributed by atoms with van der Waals surface area (Å²) in [5, 5.41) is 2.56. The number of aromatic amines is 1. The Bertz CT molecular complexity index is 1200. The van der Waals surface area contributed by atoms with Gasteiger partial charge in [0.2, 0.25) is 0 Å². The fourth-order valence-corrected chi connectivity index (χ4v) is 5.01. The van der Waals surface area contributed by atoms with E-state index in [1.165, 1.54) is 22.5 Å². The van der Waals surface area contributed by atoms with Crippen molar-refractivity contribution >= 4 is 21.6 Å². The minimum Gasteiger partial charge on any atom is -0.464 e. The standard InChI is InChI=1S/C23H24N4O2S/c1-16-4-2-5-17(12-16)13-26-7-9-27(10-8-26)14-20-24-22(28)21-18(15-30-23(21)25-20)19-6-3-11-29-19/h2-6,11-12,15H,7-10,13-14H2,1H3,(H,24,25,28). The van der Waals surface area contributed by atoms with Gasteiger partial charge in [-0.2, -0.15) is 0 Å². The monoisotopic (exact) mass is 420 g/mol. The van der Waals surface area contributed by atoms with Gasteiger partial charge in [0.25, 0.3) is 5.56 Å². The maximum absolute atomic E-state index is 12.7. The molecule has 4 aromatic rings. The van der Waals surface area contributed by atoms with Crippen LogP contribution < -0.4 is 5.56 Å². The summed E-state index contributed by atoms with van der Waals surface area (Å²) in [5.41, 5.74) is 3.39. The number of hydrogen-bond acceptors (Lipinski definition) is 6. The van der Waals surface area contributed by atoms with E-state index in [1.807, 2.05) is 17.5 Å². The van der Waals surface area contributed by atoms with Gasteiger partial charge in [-0.15, -0.1) is 11.3 Å². The highest BCUT2D eigenvalue weighted by atomic mass is 32.1. The highest BCUT2D eigenvalue weighted by molar-refractivity contribution is 7.17. The molecule has 0 spiro atoms. The van der Waals surface area contributed by atoms with Gasteiger partial charge in [-0.25, -0.2) is 4.98 Å². The van der Waals surface area contributed by atoms with Crippen LogP contribution in [0.5, 0.6) is 0 Å². The maximum atomic E-state index is 12.7. The van der Waals surface area contributed by atoms with Crippen molar-refractivity contribution in [2.24, 2.45) is 0 Å². The molecular formula is C23H24N4O2S. The van der Waals surface area contributed by atoms with Crippen molar-refractivity contribution in [3.8, 4) is 11.3 Å². The van der Waals surface area contributed by atoms with E-state index in [0.717, 1.165) is 48.9 Å². The number of rotatable bonds is 5. The Kier molecular flexibility index (Phi) is 5.25. The number of nitrogens with one attached hydrogen (secondary N) is 1. The third-order valence-electron chi connectivity index (χ3n) is 5.61. The number of furan rings is 1. The molecule has 1 fully saturated rings. The first-order valence-electron chi connectivity index (χ1n) is 10.2. The van der Waals surface area contributed by atoms with Crippen LogP contribution in [0.3, 0.4) is 0 Å². The number of piperazine rings is 1. The SMILES string of the molecule is Cc1cccc(CN2CCN(Cc3nc4scc(-c5ccco5)c4c(=O)[nH]3)CC2)c1. The topological polar surface area (TPSA) is 65.4 Å². The van der Waals surface area contributed by atoms with Crippen molar-refractivity contribution in [1.82, 2.24) is 19.8 Å². The number of fused-ring (bicyclic) bond motifs is 1. The lowest BCUT2D eigenvalue weighted by Crippen LogP contribution is -2.45. The summed E-state index contributed by atoms with van der Waals surface area (Å²) in [6.07, 6.45) is 1.62. The van der Waals surface area contributed by atoms with Crippen LogP contribution >= 0.6 is 11.3 Å². The van der Waals surface area contributed by atoms with Gasteiger partial charge in [-0.05, 0) is 24.6 Å². The van der Waals surface area contributed by atoms with Gasteiger partial charge in [0.1, 0.15) is 16.4 Å². The van der Waals surface area contributed by atoms with E-state index in [1.54, 1.807) is 6.26 Å². The highest BCUT2D eigenvalue weighted by Gasteiger charge is 2.19. The van der Waals surface area contributed by atoms with E-state index in [2.05, 4.69) is 46.0 Å². The third kappa shape index (κ3) is 3.96. The lowest BCUT2D eigenvalue weighted by atomic mass is 10.1. The Morgan fingerprint density at radius 3 is 2.63 bits per heavy atom. The number of nitrogens with zero attached hydrogens (tertiary/aromatic N) is 3. The average Bonchev–Trinajstić information content (AvgIpc) is 3.39. The summed E-state index contributed by atoms with van der Waals surface area (Å²) in [5.74, 6) is 1.43. The minimum atomic E-state index is -0.0965. The number of H-pyrrole nitrogens is 1. The molecule has 154 valence electrons. The van der Waals surface area contributed by atoms with Crippen molar-refractivity contribution in [3.63, 3.8) is 0 Å². The molecule has 1 aliphatic rings. The summed E-state index contributed by atoms with van der Waals surface area (Å²) in [6.45, 7) is 7.76. The summed E-state index contributed by atoms with van der Waals surface area (Å²) in [4.78, 5) is 26.1. The molecule has 0 atom stereocenters. The van der Waals surface area contributed by atoms with Crippen molar-refractivity contribution in [2.45, 2.75) is 20.0 Å². The van der Waals surface area contributed by atoms with E-state index in [4.69, 9.17) is 9.40 Å². The number of aryl methyl sites for hydroxylation is 1. The fraction of sp³-hybridized carbons (Fsp3) is 0.304. The fourth-order valence-electron chi connectivity index (χ4n) is 4.07. The van der Waals surface area contributed by atoms with Crippen LogP contribution in [0.15, 0.2) is 57.3 Å². The molecule has 0 radical (unpaired) electrons. The molecule has 1 aliphatic heterocycles. The Hall–Kier alpha value is -2.74. The van der Waals surface area contributed by atoms with Crippen molar-refractivity contribution in [3.05, 3.63) is 75.3 Å². The van der Waals surface area contributed by atoms with Crippen LogP contribution in [0.4, 0.5) is 0 Å². The Labute approximate surface area is 178 Å². The minimum absolute atomic E-state index is 0.0965. The number of hydrogen-bond donors (Lipinski definition) is 1. The van der Waals surface area contributed by atoms with Crippen LogP contribution in [0.25, 0.3) is 21.5 Å². The van der Waals surface area contributed by atoms with E-state index >= 15 is 0 Å². The van der Waals surface area contributed by atoms with Gasteiger partial charge in [-0.1, -0.05) is 29.8 Å². The number of aromatic nitrogens is 2. The van der Waals surface area contributed by atoms with Crippen LogP contribution in [-0.4, -0.2) is 45.9 Å². The molecule has 1 aromatic carbocycles. The van der Waals surface area contributed by atoms with Gasteiger partial charge in [-0.3, -0.25) is 14.6 Å². The highest BCUT2D eigenvalue weighted by Crippen LogP contribution is 2.30. The van der Waals surface area contributed by atoms with Gasteiger partial charge in [0.05, 0.1) is 18.2 Å². The average molecular weight is 421 g/mol. The van der Waals surface area contributed by atoms with E-state index in [0.29, 0.717) is 17.7 Å². The molecule has 6 nitrogen and oxygen atoms in total. The van der Waals surface area contributed by atoms with Crippen molar-refractivity contribution < 1.29 is 4.42 Å². The quantitative estimate of drug-likeness (QED) is 0.531. The van der Waals surface area contributed by atoms with Gasteiger partial charge < -0.3 is 9.40 Å². The van der Waals surface area contributed by atoms with E-state index < -0.39 is 0 Å². The Morgan fingerprint density at radius 1 is 1.10 bits per heavy atom. The third-order valence-corrected chi connectivity index (χ3v) is 6.48. The predicted molar refractivity (Wildman–Crippen MR) is 120 cm³/mol. The molecule has 30 heavy (non-hydrogen) atoms. The molecule has 0 aliphatic carbocycles. The molecule has 1 saturated heterocycles. The normalized spacial score (nSPS) is 15.8. The first-order valence-corrected chi connectivity index (χ1v) is 11.1. The second-order valence-electron chi connectivity index (χ2n) is 7.86. The predicted octanol–water partition coefficient (Wildman–Crippen LogP) is 3.87. The zero-order valence-corrected chi connectivity index (χ0v) is 17.7. The summed E-state index contributed by atoms with van der Waals surface area (Å²) >= 11 is 1.49. The lowest BCUT2D eigenvalue weighted by molar-refractivity contribution is 0.120. The molecule has 7 heteroatoms. The lowest BCUT2D eigenvalue weighted by Gasteiger charge is -2.34. The first-order chi connectivity index (χ1) is 14.7. The summed E-state index contributed by atoms with van der Waals surface area (Å²) in [7, 11) is 0. The Balaban J connectivity index is 1.25. The van der Waals surface area contributed by atoms with Crippen LogP contribution in [-0.2, 0) is 13.1 Å². The van der Waals surface area contributed by atoms with Gasteiger partial charge >= 0.3 is 0 Å². The van der Waals surface area contributed by atoms with Crippen LogP contribution in [0.1, 0.15) is 17.0 Å². The summed E-state index contributed by atoms with van der Waals surface area (Å²) < 4.78 is 5.47. The number of benzene rings is 1. The van der Waals surface area contributed by atoms with Crippen LogP contribution in [0.2, 0.25) is 0 Å². The maximum Gasteiger partial charge on any atom is 0.260 e. The molecule has 5 rings (SSSR count). The Morgan fingerprint density at radius 2 is 1.90 bits per heavy atom. The molecule has 0 amide bonds. The van der Waals surface area contributed by atoms with E-state index in [-0.39, 0.29) is 5.56 Å². The summed E-state index contributed by atoms with van der Waals surface area (Å²) in [6, 6.07) is 12.4. The van der Waals surface area contributed by atoms with E-state index in [9.17, 15) is 4.79 Å². The van der Waals surface area contributed by atoms with Gasteiger partial charge in [0.15, 0.2) is 0 Å². The van der Waals surface area contributed by atoms with Crippen molar-refractivity contribution in [2.75, 3.05) is 26.2 Å². The molecule has 0 unspecified atom stereocenters. The second-order valence-corrected chi connectivity index (χ2v) is 8.72. The van der Waals surface area contributed by atoms with Gasteiger partial charge in [0, 0.05) is 43.7 Å². The zero-order chi connectivity index (χ0) is 20.5. The molecule has 3 aromatic heterocycles. The molecular weight excluding hydrogens is 396 g/mol. The van der Waals surface area contributed by atoms with Crippen molar-refractivity contribution in [1.29, 1.82) is 0 Å². The largest absolute Gasteiger partial charge is 0.464 e. The smallest absolute Gasteiger partial charge is 0.260 e. The van der Waals surface area contributed by atoms with Crippen LogP contribution in [0, 0.1) is 6.92 Å². The second kappa shape index (κ2) is 8.18. The molecule has 0 bridgehead atoms. The molecule has 1 N–H and O–H groups in total.